The van der Waals surface area contributed by atoms with Gasteiger partial charge in [-0.15, -0.1) is 0 Å². The van der Waals surface area contributed by atoms with E-state index >= 15 is 0 Å². The van der Waals surface area contributed by atoms with E-state index in [4.69, 9.17) is 10.5 Å². The monoisotopic (exact) mass is 253 g/mol. The van der Waals surface area contributed by atoms with Crippen LogP contribution in [-0.2, 0) is 6.54 Å². The van der Waals surface area contributed by atoms with Crippen LogP contribution in [0.5, 0.6) is 0 Å². The van der Waals surface area contributed by atoms with Gasteiger partial charge in [0.05, 0.1) is 12.1 Å². The Labute approximate surface area is 108 Å². The molecule has 1 heterocycles. The van der Waals surface area contributed by atoms with Crippen LogP contribution in [0.2, 0.25) is 0 Å². The Morgan fingerprint density at radius 2 is 1.79 bits per heavy atom. The summed E-state index contributed by atoms with van der Waals surface area (Å²) in [7, 11) is 0. The number of benzene rings is 1. The lowest BCUT2D eigenvalue weighted by atomic mass is 10.1. The maximum Gasteiger partial charge on any atom is 0.268 e. The largest absolute Gasteiger partial charge is 0.310 e. The Bertz CT molecular complexity index is 765. The van der Waals surface area contributed by atoms with Gasteiger partial charge in [0.25, 0.3) is 5.56 Å². The number of nitriles is 2. The molecule has 5 heteroatoms. The number of halogens is 1. The standard InChI is InChI=1S/C14H8FN3O/c15-13-10(7-16)3-1-4-12(13)9-18-6-2-5-11(8-17)14(18)19/h1-6H,9H2. The predicted octanol–water partition coefficient (Wildman–Crippen LogP) is 1.78. The van der Waals surface area contributed by atoms with Crippen molar-refractivity contribution in [3.05, 3.63) is 69.4 Å². The molecule has 0 saturated heterocycles. The van der Waals surface area contributed by atoms with Crippen molar-refractivity contribution >= 4 is 0 Å². The molecule has 0 spiro atoms. The van der Waals surface area contributed by atoms with Gasteiger partial charge in [-0.05, 0) is 18.2 Å². The normalized spacial score (nSPS) is 9.63. The molecule has 0 saturated carbocycles. The molecular formula is C14H8FN3O. The first-order valence-corrected chi connectivity index (χ1v) is 5.44. The summed E-state index contributed by atoms with van der Waals surface area (Å²) in [5.41, 5.74) is -0.315. The quantitative estimate of drug-likeness (QED) is 0.819. The Balaban J connectivity index is 2.47. The van der Waals surface area contributed by atoms with Crippen molar-refractivity contribution in [2.75, 3.05) is 0 Å². The van der Waals surface area contributed by atoms with Gasteiger partial charge in [0.2, 0.25) is 0 Å². The average molecular weight is 253 g/mol. The van der Waals surface area contributed by atoms with Crippen molar-refractivity contribution in [1.82, 2.24) is 4.57 Å². The molecule has 0 fully saturated rings. The Morgan fingerprint density at radius 3 is 2.47 bits per heavy atom. The van der Waals surface area contributed by atoms with E-state index in [1.807, 2.05) is 0 Å². The predicted molar refractivity (Wildman–Crippen MR) is 65.6 cm³/mol. The molecule has 1 aromatic heterocycles. The third-order valence-corrected chi connectivity index (χ3v) is 2.68. The molecule has 0 amide bonds. The van der Waals surface area contributed by atoms with Gasteiger partial charge in [0.1, 0.15) is 23.5 Å². The molecule has 0 bridgehead atoms. The zero-order chi connectivity index (χ0) is 13.8. The van der Waals surface area contributed by atoms with E-state index < -0.39 is 11.4 Å². The van der Waals surface area contributed by atoms with Crippen LogP contribution in [0.25, 0.3) is 0 Å². The van der Waals surface area contributed by atoms with Crippen molar-refractivity contribution in [2.24, 2.45) is 0 Å². The zero-order valence-corrected chi connectivity index (χ0v) is 9.80. The minimum absolute atomic E-state index is 0.000606. The number of nitrogens with zero attached hydrogens (tertiary/aromatic N) is 3. The van der Waals surface area contributed by atoms with E-state index in [0.29, 0.717) is 0 Å². The molecule has 1 aromatic carbocycles. The van der Waals surface area contributed by atoms with Crippen LogP contribution in [-0.4, -0.2) is 4.57 Å². The molecule has 0 unspecified atom stereocenters. The first-order chi connectivity index (χ1) is 9.17. The molecule has 92 valence electrons. The molecule has 0 aliphatic heterocycles. The van der Waals surface area contributed by atoms with Crippen molar-refractivity contribution in [3.8, 4) is 12.1 Å². The van der Waals surface area contributed by atoms with Gasteiger partial charge in [0, 0.05) is 11.8 Å². The minimum Gasteiger partial charge on any atom is -0.310 e. The van der Waals surface area contributed by atoms with Crippen LogP contribution in [0.15, 0.2) is 41.3 Å². The highest BCUT2D eigenvalue weighted by Crippen LogP contribution is 2.12. The van der Waals surface area contributed by atoms with Crippen LogP contribution >= 0.6 is 0 Å². The summed E-state index contributed by atoms with van der Waals surface area (Å²) in [6.07, 6.45) is 1.47. The lowest BCUT2D eigenvalue weighted by molar-refractivity contribution is 0.592. The molecule has 0 aliphatic carbocycles. The van der Waals surface area contributed by atoms with Crippen LogP contribution in [0.4, 0.5) is 4.39 Å². The molecule has 19 heavy (non-hydrogen) atoms. The molecule has 2 aromatic rings. The number of rotatable bonds is 2. The van der Waals surface area contributed by atoms with Gasteiger partial charge >= 0.3 is 0 Å². The van der Waals surface area contributed by atoms with Gasteiger partial charge in [-0.1, -0.05) is 12.1 Å². The van der Waals surface area contributed by atoms with Gasteiger partial charge in [-0.3, -0.25) is 4.79 Å². The maximum absolute atomic E-state index is 13.9. The molecular weight excluding hydrogens is 245 g/mol. The smallest absolute Gasteiger partial charge is 0.268 e. The summed E-state index contributed by atoms with van der Waals surface area (Å²) in [5, 5.41) is 17.5. The highest BCUT2D eigenvalue weighted by molar-refractivity contribution is 5.35. The van der Waals surface area contributed by atoms with E-state index in [9.17, 15) is 9.18 Å². The third-order valence-electron chi connectivity index (χ3n) is 2.68. The van der Waals surface area contributed by atoms with Crippen molar-refractivity contribution in [1.29, 1.82) is 10.5 Å². The SMILES string of the molecule is N#Cc1cccc(Cn2cccc(C#N)c2=O)c1F. The second kappa shape index (κ2) is 5.16. The molecule has 4 nitrogen and oxygen atoms in total. The first-order valence-electron chi connectivity index (χ1n) is 5.44. The summed E-state index contributed by atoms with van der Waals surface area (Å²) in [6, 6.07) is 10.9. The summed E-state index contributed by atoms with van der Waals surface area (Å²) >= 11 is 0. The molecule has 0 atom stereocenters. The topological polar surface area (TPSA) is 69.6 Å². The summed E-state index contributed by atoms with van der Waals surface area (Å²) in [6.45, 7) is -0.0181. The van der Waals surface area contributed by atoms with Gasteiger partial charge in [0.15, 0.2) is 0 Å². The average Bonchev–Trinajstić information content (AvgIpc) is 2.43. The van der Waals surface area contributed by atoms with Crippen LogP contribution in [0.3, 0.4) is 0 Å². The lowest BCUT2D eigenvalue weighted by Gasteiger charge is -2.07. The van der Waals surface area contributed by atoms with Crippen molar-refractivity contribution in [3.63, 3.8) is 0 Å². The fraction of sp³-hybridized carbons (Fsp3) is 0.0714. The van der Waals surface area contributed by atoms with E-state index in [1.54, 1.807) is 24.3 Å². The second-order valence-electron chi connectivity index (χ2n) is 3.86. The Kier molecular flexibility index (Phi) is 3.40. The molecule has 0 aliphatic rings. The fourth-order valence-electron chi connectivity index (χ4n) is 1.72. The minimum atomic E-state index is -0.640. The maximum atomic E-state index is 13.9. The zero-order valence-electron chi connectivity index (χ0n) is 9.80. The second-order valence-corrected chi connectivity index (χ2v) is 3.86. The highest BCUT2D eigenvalue weighted by atomic mass is 19.1. The van der Waals surface area contributed by atoms with Crippen LogP contribution in [0, 0.1) is 28.5 Å². The Morgan fingerprint density at radius 1 is 1.11 bits per heavy atom. The number of aromatic nitrogens is 1. The Hall–Kier alpha value is -2.92. The number of hydrogen-bond acceptors (Lipinski definition) is 3. The van der Waals surface area contributed by atoms with Gasteiger partial charge < -0.3 is 4.57 Å². The summed E-state index contributed by atoms with van der Waals surface area (Å²) in [5.74, 6) is -0.640. The summed E-state index contributed by atoms with van der Waals surface area (Å²) < 4.78 is 15.1. The third kappa shape index (κ3) is 2.36. The lowest BCUT2D eigenvalue weighted by Crippen LogP contribution is -2.22. The fourth-order valence-corrected chi connectivity index (χ4v) is 1.72. The summed E-state index contributed by atoms with van der Waals surface area (Å²) in [4.78, 5) is 11.8. The first kappa shape index (κ1) is 12.5. The van der Waals surface area contributed by atoms with Crippen molar-refractivity contribution in [2.45, 2.75) is 6.54 Å². The van der Waals surface area contributed by atoms with Crippen molar-refractivity contribution < 1.29 is 4.39 Å². The van der Waals surface area contributed by atoms with E-state index in [2.05, 4.69) is 0 Å². The van der Waals surface area contributed by atoms with E-state index in [-0.39, 0.29) is 23.2 Å². The molecule has 2 rings (SSSR count). The highest BCUT2D eigenvalue weighted by Gasteiger charge is 2.09. The van der Waals surface area contributed by atoms with Gasteiger partial charge in [-0.25, -0.2) is 4.39 Å². The van der Waals surface area contributed by atoms with Crippen LogP contribution < -0.4 is 5.56 Å². The molecule has 0 N–H and O–H groups in total. The number of hydrogen-bond donors (Lipinski definition) is 0. The van der Waals surface area contributed by atoms with Gasteiger partial charge in [-0.2, -0.15) is 10.5 Å². The van der Waals surface area contributed by atoms with E-state index in [1.165, 1.54) is 29.0 Å². The van der Waals surface area contributed by atoms with Crippen LogP contribution in [0.1, 0.15) is 16.7 Å². The molecule has 0 radical (unpaired) electrons. The number of pyridine rings is 1. The van der Waals surface area contributed by atoms with E-state index in [0.717, 1.165) is 0 Å².